The van der Waals surface area contributed by atoms with Crippen molar-refractivity contribution in [3.63, 3.8) is 0 Å². The van der Waals surface area contributed by atoms with Crippen LogP contribution in [0.4, 0.5) is 0 Å². The topological polar surface area (TPSA) is 38.7 Å². The SMILES string of the molecule is Cc1ccc(-c2nc(-c3ccccc3)nc(-c3ccccc3)n2)c2ccccc12. The molecule has 0 unspecified atom stereocenters. The van der Waals surface area contributed by atoms with Gasteiger partial charge in [0.1, 0.15) is 0 Å². The van der Waals surface area contributed by atoms with Crippen LogP contribution in [0.3, 0.4) is 0 Å². The zero-order valence-electron chi connectivity index (χ0n) is 16.1. The van der Waals surface area contributed by atoms with Crippen molar-refractivity contribution in [3.8, 4) is 34.2 Å². The van der Waals surface area contributed by atoms with Gasteiger partial charge in [-0.25, -0.2) is 15.0 Å². The maximum Gasteiger partial charge on any atom is 0.164 e. The van der Waals surface area contributed by atoms with Crippen molar-refractivity contribution in [2.75, 3.05) is 0 Å². The molecule has 0 aliphatic heterocycles. The van der Waals surface area contributed by atoms with Crippen LogP contribution in [0.2, 0.25) is 0 Å². The normalized spacial score (nSPS) is 10.9. The third kappa shape index (κ3) is 3.27. The third-order valence-electron chi connectivity index (χ3n) is 5.08. The minimum Gasteiger partial charge on any atom is -0.208 e. The van der Waals surface area contributed by atoms with Crippen molar-refractivity contribution in [1.82, 2.24) is 15.0 Å². The molecule has 0 bridgehead atoms. The molecule has 0 aliphatic carbocycles. The minimum atomic E-state index is 0.680. The lowest BCUT2D eigenvalue weighted by molar-refractivity contribution is 1.08. The lowest BCUT2D eigenvalue weighted by atomic mass is 10.00. The molecule has 0 radical (unpaired) electrons. The lowest BCUT2D eigenvalue weighted by Crippen LogP contribution is -2.00. The maximum absolute atomic E-state index is 4.86. The van der Waals surface area contributed by atoms with Gasteiger partial charge in [-0.1, -0.05) is 97.1 Å². The molecule has 5 aromatic rings. The summed E-state index contributed by atoms with van der Waals surface area (Å²) in [6, 6.07) is 32.8. The van der Waals surface area contributed by atoms with Gasteiger partial charge in [0.2, 0.25) is 0 Å². The minimum absolute atomic E-state index is 0.680. The first-order valence-corrected chi connectivity index (χ1v) is 9.65. The molecule has 0 fully saturated rings. The van der Waals surface area contributed by atoms with Gasteiger partial charge in [0.15, 0.2) is 17.5 Å². The van der Waals surface area contributed by atoms with Crippen LogP contribution in [-0.4, -0.2) is 15.0 Å². The smallest absolute Gasteiger partial charge is 0.164 e. The first kappa shape index (κ1) is 17.3. The van der Waals surface area contributed by atoms with Crippen LogP contribution in [0, 0.1) is 6.92 Å². The number of rotatable bonds is 3. The van der Waals surface area contributed by atoms with Crippen molar-refractivity contribution < 1.29 is 0 Å². The van der Waals surface area contributed by atoms with Crippen LogP contribution in [0.1, 0.15) is 5.56 Å². The van der Waals surface area contributed by atoms with Crippen molar-refractivity contribution in [2.24, 2.45) is 0 Å². The van der Waals surface area contributed by atoms with E-state index in [9.17, 15) is 0 Å². The Morgan fingerprint density at radius 2 is 0.931 bits per heavy atom. The molecule has 4 aromatic carbocycles. The highest BCUT2D eigenvalue weighted by molar-refractivity contribution is 5.97. The summed E-state index contributed by atoms with van der Waals surface area (Å²) in [4.78, 5) is 14.5. The number of nitrogens with zero attached hydrogens (tertiary/aromatic N) is 3. The number of hydrogen-bond donors (Lipinski definition) is 0. The van der Waals surface area contributed by atoms with E-state index in [4.69, 9.17) is 15.0 Å². The summed E-state index contributed by atoms with van der Waals surface area (Å²) < 4.78 is 0. The summed E-state index contributed by atoms with van der Waals surface area (Å²) in [6.45, 7) is 2.13. The average Bonchev–Trinajstić information content (AvgIpc) is 2.80. The average molecular weight is 373 g/mol. The molecule has 0 saturated heterocycles. The molecule has 0 amide bonds. The molecule has 3 nitrogen and oxygen atoms in total. The number of benzene rings is 4. The highest BCUT2D eigenvalue weighted by atomic mass is 15.0. The van der Waals surface area contributed by atoms with Crippen LogP contribution >= 0.6 is 0 Å². The van der Waals surface area contributed by atoms with Gasteiger partial charge < -0.3 is 0 Å². The Labute approximate surface area is 169 Å². The van der Waals surface area contributed by atoms with E-state index in [0.717, 1.165) is 22.1 Å². The highest BCUT2D eigenvalue weighted by Crippen LogP contribution is 2.31. The van der Waals surface area contributed by atoms with E-state index < -0.39 is 0 Å². The number of aryl methyl sites for hydroxylation is 1. The Bertz CT molecular complexity index is 1240. The Kier molecular flexibility index (Phi) is 4.34. The second-order valence-electron chi connectivity index (χ2n) is 7.01. The fraction of sp³-hybridized carbons (Fsp3) is 0.0385. The predicted molar refractivity (Wildman–Crippen MR) is 118 cm³/mol. The molecule has 5 rings (SSSR count). The number of aromatic nitrogens is 3. The van der Waals surface area contributed by atoms with Gasteiger partial charge in [0, 0.05) is 16.7 Å². The van der Waals surface area contributed by atoms with E-state index in [1.807, 2.05) is 60.7 Å². The molecular formula is C26H19N3. The third-order valence-corrected chi connectivity index (χ3v) is 5.08. The van der Waals surface area contributed by atoms with E-state index in [1.165, 1.54) is 10.9 Å². The molecule has 1 heterocycles. The predicted octanol–water partition coefficient (Wildman–Crippen LogP) is 6.33. The monoisotopic (exact) mass is 373 g/mol. The lowest BCUT2D eigenvalue weighted by Gasteiger charge is -2.11. The molecule has 0 atom stereocenters. The van der Waals surface area contributed by atoms with E-state index in [-0.39, 0.29) is 0 Å². The Balaban J connectivity index is 1.79. The first-order valence-electron chi connectivity index (χ1n) is 9.65. The standard InChI is InChI=1S/C26H19N3/c1-18-16-17-23(22-15-9-8-14-21(18)22)26-28-24(19-10-4-2-5-11-19)27-25(29-26)20-12-6-3-7-13-20/h2-17H,1H3. The molecule has 0 saturated carbocycles. The Hall–Kier alpha value is -3.85. The van der Waals surface area contributed by atoms with Gasteiger partial charge >= 0.3 is 0 Å². The second kappa shape index (κ2) is 7.28. The molecular weight excluding hydrogens is 354 g/mol. The van der Waals surface area contributed by atoms with Crippen molar-refractivity contribution in [3.05, 3.63) is 103 Å². The summed E-state index contributed by atoms with van der Waals surface area (Å²) >= 11 is 0. The van der Waals surface area contributed by atoms with Crippen LogP contribution in [0.5, 0.6) is 0 Å². The molecule has 1 aromatic heterocycles. The maximum atomic E-state index is 4.86. The van der Waals surface area contributed by atoms with Crippen molar-refractivity contribution in [2.45, 2.75) is 6.92 Å². The van der Waals surface area contributed by atoms with E-state index in [1.54, 1.807) is 0 Å². The summed E-state index contributed by atoms with van der Waals surface area (Å²) in [6.07, 6.45) is 0. The molecule has 0 spiro atoms. The van der Waals surface area contributed by atoms with E-state index in [2.05, 4.69) is 43.3 Å². The zero-order valence-corrected chi connectivity index (χ0v) is 16.1. The van der Waals surface area contributed by atoms with Crippen LogP contribution < -0.4 is 0 Å². The van der Waals surface area contributed by atoms with Crippen LogP contribution in [-0.2, 0) is 0 Å². The fourth-order valence-corrected chi connectivity index (χ4v) is 3.57. The van der Waals surface area contributed by atoms with Gasteiger partial charge in [-0.05, 0) is 23.3 Å². The fourth-order valence-electron chi connectivity index (χ4n) is 3.57. The van der Waals surface area contributed by atoms with Gasteiger partial charge in [-0.3, -0.25) is 0 Å². The number of fused-ring (bicyclic) bond motifs is 1. The summed E-state index contributed by atoms with van der Waals surface area (Å²) in [5.41, 5.74) is 4.21. The Morgan fingerprint density at radius 3 is 1.52 bits per heavy atom. The van der Waals surface area contributed by atoms with Gasteiger partial charge in [0.25, 0.3) is 0 Å². The highest BCUT2D eigenvalue weighted by Gasteiger charge is 2.14. The summed E-state index contributed by atoms with van der Waals surface area (Å²) in [5, 5.41) is 2.37. The quantitative estimate of drug-likeness (QED) is 0.371. The Morgan fingerprint density at radius 1 is 0.448 bits per heavy atom. The molecule has 29 heavy (non-hydrogen) atoms. The van der Waals surface area contributed by atoms with Gasteiger partial charge in [0.05, 0.1) is 0 Å². The molecule has 3 heteroatoms. The van der Waals surface area contributed by atoms with Gasteiger partial charge in [-0.15, -0.1) is 0 Å². The van der Waals surface area contributed by atoms with Gasteiger partial charge in [-0.2, -0.15) is 0 Å². The van der Waals surface area contributed by atoms with E-state index in [0.29, 0.717) is 17.5 Å². The van der Waals surface area contributed by atoms with Crippen molar-refractivity contribution in [1.29, 1.82) is 0 Å². The second-order valence-corrected chi connectivity index (χ2v) is 7.01. The number of hydrogen-bond acceptors (Lipinski definition) is 3. The molecule has 138 valence electrons. The summed E-state index contributed by atoms with van der Waals surface area (Å²) in [7, 11) is 0. The first-order chi connectivity index (χ1) is 14.3. The largest absolute Gasteiger partial charge is 0.208 e. The van der Waals surface area contributed by atoms with Crippen LogP contribution in [0.15, 0.2) is 97.1 Å². The zero-order chi connectivity index (χ0) is 19.6. The van der Waals surface area contributed by atoms with Crippen molar-refractivity contribution >= 4 is 10.8 Å². The van der Waals surface area contributed by atoms with Crippen LogP contribution in [0.25, 0.3) is 44.9 Å². The molecule has 0 N–H and O–H groups in total. The summed E-state index contributed by atoms with van der Waals surface area (Å²) in [5.74, 6) is 2.05. The molecule has 0 aliphatic rings. The van der Waals surface area contributed by atoms with E-state index >= 15 is 0 Å².